The number of methoxy groups -OCH3 is 1. The summed E-state index contributed by atoms with van der Waals surface area (Å²) in [6.07, 6.45) is 2.59. The molecule has 1 aliphatic rings. The predicted molar refractivity (Wildman–Crippen MR) is 79.6 cm³/mol. The molecule has 0 spiro atoms. The summed E-state index contributed by atoms with van der Waals surface area (Å²) in [5.74, 6) is 1.82. The van der Waals surface area contributed by atoms with E-state index in [1.165, 1.54) is 38.0 Å². The zero-order valence-corrected chi connectivity index (χ0v) is 12.4. The summed E-state index contributed by atoms with van der Waals surface area (Å²) in [4.78, 5) is 2.45. The van der Waals surface area contributed by atoms with Crippen molar-refractivity contribution < 1.29 is 4.74 Å². The van der Waals surface area contributed by atoms with E-state index in [-0.39, 0.29) is 0 Å². The first-order chi connectivity index (χ1) is 9.22. The second-order valence-electron chi connectivity index (χ2n) is 5.55. The van der Waals surface area contributed by atoms with Crippen molar-refractivity contribution in [2.45, 2.75) is 25.8 Å². The Kier molecular flexibility index (Phi) is 5.23. The van der Waals surface area contributed by atoms with Gasteiger partial charge in [-0.05, 0) is 51.9 Å². The van der Waals surface area contributed by atoms with Crippen molar-refractivity contribution in [1.82, 2.24) is 10.2 Å². The lowest BCUT2D eigenvalue weighted by Gasteiger charge is -2.32. The van der Waals surface area contributed by atoms with Gasteiger partial charge in [0.05, 0.1) is 7.11 Å². The number of nitrogens with zero attached hydrogens (tertiary/aromatic N) is 1. The van der Waals surface area contributed by atoms with Gasteiger partial charge in [-0.3, -0.25) is 4.90 Å². The maximum Gasteiger partial charge on any atom is 0.123 e. The molecule has 1 saturated heterocycles. The summed E-state index contributed by atoms with van der Waals surface area (Å²) in [7, 11) is 3.97. The maximum atomic E-state index is 5.47. The van der Waals surface area contributed by atoms with Crippen LogP contribution >= 0.6 is 0 Å². The minimum absolute atomic E-state index is 0.394. The Bertz CT molecular complexity index is 388. The highest BCUT2D eigenvalue weighted by molar-refractivity contribution is 5.35. The molecule has 1 N–H and O–H groups in total. The van der Waals surface area contributed by atoms with Gasteiger partial charge in [-0.25, -0.2) is 0 Å². The van der Waals surface area contributed by atoms with Gasteiger partial charge in [0.2, 0.25) is 0 Å². The Balaban J connectivity index is 1.99. The smallest absolute Gasteiger partial charge is 0.123 e. The Morgan fingerprint density at radius 2 is 2.00 bits per heavy atom. The first-order valence-electron chi connectivity index (χ1n) is 7.26. The molecule has 1 aromatic carbocycles. The van der Waals surface area contributed by atoms with Gasteiger partial charge in [0, 0.05) is 18.2 Å². The molecule has 0 radical (unpaired) electrons. The highest BCUT2D eigenvalue weighted by Gasteiger charge is 2.20. The molecule has 0 saturated carbocycles. The van der Waals surface area contributed by atoms with Crippen LogP contribution in [0.2, 0.25) is 0 Å². The quantitative estimate of drug-likeness (QED) is 0.883. The van der Waals surface area contributed by atoms with Gasteiger partial charge in [-0.15, -0.1) is 0 Å². The monoisotopic (exact) mass is 262 g/mol. The minimum atomic E-state index is 0.394. The van der Waals surface area contributed by atoms with E-state index in [1.54, 1.807) is 7.11 Å². The molecule has 1 aromatic rings. The average Bonchev–Trinajstić information content (AvgIpc) is 2.47. The minimum Gasteiger partial charge on any atom is -0.496 e. The van der Waals surface area contributed by atoms with Crippen molar-refractivity contribution in [3.05, 3.63) is 29.8 Å². The number of hydrogen-bond acceptors (Lipinski definition) is 3. The Morgan fingerprint density at radius 1 is 1.32 bits per heavy atom. The fraction of sp³-hybridized carbons (Fsp3) is 0.625. The van der Waals surface area contributed by atoms with Crippen LogP contribution in [-0.2, 0) is 0 Å². The summed E-state index contributed by atoms with van der Waals surface area (Å²) < 4.78 is 5.47. The van der Waals surface area contributed by atoms with Crippen LogP contribution in [0.5, 0.6) is 5.75 Å². The zero-order chi connectivity index (χ0) is 13.7. The van der Waals surface area contributed by atoms with Crippen LogP contribution in [0, 0.1) is 5.92 Å². The molecule has 19 heavy (non-hydrogen) atoms. The maximum absolute atomic E-state index is 5.47. The van der Waals surface area contributed by atoms with Crippen LogP contribution in [0.25, 0.3) is 0 Å². The summed E-state index contributed by atoms with van der Waals surface area (Å²) in [5, 5.41) is 3.43. The van der Waals surface area contributed by atoms with E-state index in [0.717, 1.165) is 11.7 Å². The van der Waals surface area contributed by atoms with Gasteiger partial charge in [0.25, 0.3) is 0 Å². The highest BCUT2D eigenvalue weighted by Crippen LogP contribution is 2.29. The van der Waals surface area contributed by atoms with Gasteiger partial charge < -0.3 is 10.1 Å². The van der Waals surface area contributed by atoms with E-state index in [0.29, 0.717) is 6.04 Å². The van der Waals surface area contributed by atoms with E-state index < -0.39 is 0 Å². The van der Waals surface area contributed by atoms with Gasteiger partial charge >= 0.3 is 0 Å². The van der Waals surface area contributed by atoms with Crippen LogP contribution in [0.15, 0.2) is 24.3 Å². The molecule has 1 heterocycles. The molecule has 1 aliphatic heterocycles. The number of piperidine rings is 1. The van der Waals surface area contributed by atoms with E-state index in [9.17, 15) is 0 Å². The molecule has 2 rings (SSSR count). The normalized spacial score (nSPS) is 18.5. The second-order valence-corrected chi connectivity index (χ2v) is 5.55. The van der Waals surface area contributed by atoms with Crippen molar-refractivity contribution in [3.63, 3.8) is 0 Å². The van der Waals surface area contributed by atoms with Crippen molar-refractivity contribution >= 4 is 0 Å². The lowest BCUT2D eigenvalue weighted by molar-refractivity contribution is 0.194. The second kappa shape index (κ2) is 6.92. The van der Waals surface area contributed by atoms with Crippen molar-refractivity contribution in [1.29, 1.82) is 0 Å². The van der Waals surface area contributed by atoms with Crippen LogP contribution in [0.3, 0.4) is 0 Å². The molecule has 0 aromatic heterocycles. The third-order valence-corrected chi connectivity index (χ3v) is 4.26. The summed E-state index contributed by atoms with van der Waals surface area (Å²) in [5.41, 5.74) is 1.28. The Morgan fingerprint density at radius 3 is 2.68 bits per heavy atom. The average molecular weight is 262 g/mol. The largest absolute Gasteiger partial charge is 0.496 e. The molecule has 0 bridgehead atoms. The first-order valence-corrected chi connectivity index (χ1v) is 7.26. The number of hydrogen-bond donors (Lipinski definition) is 1. The van der Waals surface area contributed by atoms with Gasteiger partial charge in [-0.1, -0.05) is 18.2 Å². The molecule has 1 fully saturated rings. The van der Waals surface area contributed by atoms with Crippen molar-refractivity contribution in [2.75, 3.05) is 33.8 Å². The number of rotatable bonds is 5. The summed E-state index contributed by atoms with van der Waals surface area (Å²) in [6.45, 7) is 5.77. The molecule has 0 unspecified atom stereocenters. The van der Waals surface area contributed by atoms with Crippen LogP contribution in [0.4, 0.5) is 0 Å². The molecule has 3 heteroatoms. The lowest BCUT2D eigenvalue weighted by atomic mass is 9.96. The standard InChI is InChI=1S/C16H26N2O/c1-13(15-6-4-5-7-16(15)19-3)18(2)12-14-8-10-17-11-9-14/h4-7,13-14,17H,8-12H2,1-3H3/t13-/m1/s1. The van der Waals surface area contributed by atoms with Crippen LogP contribution < -0.4 is 10.1 Å². The number of nitrogens with one attached hydrogen (secondary N) is 1. The molecule has 106 valence electrons. The zero-order valence-electron chi connectivity index (χ0n) is 12.4. The third-order valence-electron chi connectivity index (χ3n) is 4.26. The van der Waals surface area contributed by atoms with Gasteiger partial charge in [0.15, 0.2) is 0 Å². The number of benzene rings is 1. The van der Waals surface area contributed by atoms with E-state index in [2.05, 4.69) is 36.3 Å². The summed E-state index contributed by atoms with van der Waals surface area (Å²) >= 11 is 0. The molecule has 0 amide bonds. The third kappa shape index (κ3) is 3.71. The van der Waals surface area contributed by atoms with Gasteiger partial charge in [0.1, 0.15) is 5.75 Å². The van der Waals surface area contributed by atoms with E-state index >= 15 is 0 Å². The SMILES string of the molecule is COc1ccccc1[C@@H](C)N(C)CC1CCNCC1. The fourth-order valence-electron chi connectivity index (χ4n) is 2.88. The Hall–Kier alpha value is -1.06. The number of ether oxygens (including phenoxy) is 1. The Labute approximate surface area is 116 Å². The topological polar surface area (TPSA) is 24.5 Å². The number of para-hydroxylation sites is 1. The molecular weight excluding hydrogens is 236 g/mol. The fourth-order valence-corrected chi connectivity index (χ4v) is 2.88. The van der Waals surface area contributed by atoms with Crippen molar-refractivity contribution in [3.8, 4) is 5.75 Å². The van der Waals surface area contributed by atoms with Gasteiger partial charge in [-0.2, -0.15) is 0 Å². The lowest BCUT2D eigenvalue weighted by Crippen LogP contribution is -2.35. The van der Waals surface area contributed by atoms with Crippen molar-refractivity contribution in [2.24, 2.45) is 5.92 Å². The molecular formula is C16H26N2O. The molecule has 3 nitrogen and oxygen atoms in total. The van der Waals surface area contributed by atoms with Crippen LogP contribution in [-0.4, -0.2) is 38.7 Å². The highest BCUT2D eigenvalue weighted by atomic mass is 16.5. The van der Waals surface area contributed by atoms with Crippen LogP contribution in [0.1, 0.15) is 31.4 Å². The predicted octanol–water partition coefficient (Wildman–Crippen LogP) is 2.69. The molecule has 0 aliphatic carbocycles. The first kappa shape index (κ1) is 14.4. The molecule has 1 atom stereocenters. The van der Waals surface area contributed by atoms with E-state index in [4.69, 9.17) is 4.74 Å². The summed E-state index contributed by atoms with van der Waals surface area (Å²) in [6, 6.07) is 8.73. The van der Waals surface area contributed by atoms with E-state index in [1.807, 2.05) is 12.1 Å².